The van der Waals surface area contributed by atoms with Crippen LogP contribution in [-0.4, -0.2) is 9.55 Å². The van der Waals surface area contributed by atoms with Crippen molar-refractivity contribution in [3.8, 4) is 11.4 Å². The molecule has 0 atom stereocenters. The Labute approximate surface area is 109 Å². The fourth-order valence-electron chi connectivity index (χ4n) is 2.03. The number of nitrogens with two attached hydrogens (primary N) is 1. The average Bonchev–Trinajstić information content (AvgIpc) is 2.72. The van der Waals surface area contributed by atoms with Crippen LogP contribution in [0.5, 0.6) is 0 Å². The smallest absolute Gasteiger partial charge is 0.140 e. The summed E-state index contributed by atoms with van der Waals surface area (Å²) in [4.78, 5) is 4.62. The molecule has 0 bridgehead atoms. The van der Waals surface area contributed by atoms with Gasteiger partial charge in [0.25, 0.3) is 0 Å². The van der Waals surface area contributed by atoms with Gasteiger partial charge in [-0.1, -0.05) is 43.7 Å². The van der Waals surface area contributed by atoms with E-state index in [-0.39, 0.29) is 0 Å². The van der Waals surface area contributed by atoms with Crippen molar-refractivity contribution in [1.82, 2.24) is 9.55 Å². The summed E-state index contributed by atoms with van der Waals surface area (Å²) in [6.45, 7) is 7.97. The number of imidazole rings is 1. The van der Waals surface area contributed by atoms with Gasteiger partial charge in [0.15, 0.2) is 0 Å². The highest BCUT2D eigenvalue weighted by atomic mass is 15.1. The van der Waals surface area contributed by atoms with E-state index in [2.05, 4.69) is 60.8 Å². The van der Waals surface area contributed by atoms with Crippen LogP contribution in [0.25, 0.3) is 11.4 Å². The average molecular weight is 243 g/mol. The maximum atomic E-state index is 5.69. The van der Waals surface area contributed by atoms with Gasteiger partial charge in [-0.3, -0.25) is 0 Å². The summed E-state index contributed by atoms with van der Waals surface area (Å²) < 4.78 is 2.21. The molecule has 0 radical (unpaired) electrons. The van der Waals surface area contributed by atoms with Gasteiger partial charge < -0.3 is 10.3 Å². The Balaban J connectivity index is 2.41. The number of hydrogen-bond acceptors (Lipinski definition) is 2. The highest BCUT2D eigenvalue weighted by molar-refractivity contribution is 5.56. The summed E-state index contributed by atoms with van der Waals surface area (Å²) in [5.41, 5.74) is 9.06. The van der Waals surface area contributed by atoms with Crippen LogP contribution >= 0.6 is 0 Å². The lowest BCUT2D eigenvalue weighted by Crippen LogP contribution is -2.05. The van der Waals surface area contributed by atoms with Crippen molar-refractivity contribution < 1.29 is 0 Å². The monoisotopic (exact) mass is 243 g/mol. The quantitative estimate of drug-likeness (QED) is 0.897. The van der Waals surface area contributed by atoms with Gasteiger partial charge in [0.05, 0.1) is 5.69 Å². The minimum atomic E-state index is 0.490. The fourth-order valence-corrected chi connectivity index (χ4v) is 2.03. The zero-order valence-corrected chi connectivity index (χ0v) is 11.4. The van der Waals surface area contributed by atoms with Crippen LogP contribution in [0.1, 0.15) is 25.1 Å². The van der Waals surface area contributed by atoms with Crippen LogP contribution in [0.4, 0.5) is 0 Å². The lowest BCUT2D eigenvalue weighted by atomic mass is 10.1. The standard InChI is InChI=1S/C15H21N3/c1-11(2)9-18-10-14(8-16)17-15(18)13-6-4-12(3)5-7-13/h4-7,10-11H,8-9,16H2,1-3H3. The molecule has 0 amide bonds. The summed E-state index contributed by atoms with van der Waals surface area (Å²) in [5, 5.41) is 0. The van der Waals surface area contributed by atoms with Gasteiger partial charge in [-0.15, -0.1) is 0 Å². The summed E-state index contributed by atoms with van der Waals surface area (Å²) in [6, 6.07) is 8.47. The molecule has 0 saturated carbocycles. The molecule has 2 N–H and O–H groups in total. The molecular weight excluding hydrogens is 222 g/mol. The molecule has 0 aliphatic rings. The second-order valence-electron chi connectivity index (χ2n) is 5.17. The number of hydrogen-bond donors (Lipinski definition) is 1. The van der Waals surface area contributed by atoms with E-state index >= 15 is 0 Å². The van der Waals surface area contributed by atoms with Gasteiger partial charge in [0.1, 0.15) is 5.82 Å². The van der Waals surface area contributed by atoms with Crippen molar-refractivity contribution in [1.29, 1.82) is 0 Å². The Morgan fingerprint density at radius 1 is 1.22 bits per heavy atom. The predicted molar refractivity (Wildman–Crippen MR) is 75.1 cm³/mol. The van der Waals surface area contributed by atoms with Crippen LogP contribution in [0.15, 0.2) is 30.5 Å². The molecule has 1 heterocycles. The maximum Gasteiger partial charge on any atom is 0.140 e. The van der Waals surface area contributed by atoms with Crippen molar-refractivity contribution in [3.05, 3.63) is 41.7 Å². The summed E-state index contributed by atoms with van der Waals surface area (Å²) in [5.74, 6) is 1.61. The summed E-state index contributed by atoms with van der Waals surface area (Å²) >= 11 is 0. The van der Waals surface area contributed by atoms with Crippen LogP contribution in [-0.2, 0) is 13.1 Å². The first-order valence-corrected chi connectivity index (χ1v) is 6.43. The van der Waals surface area contributed by atoms with Gasteiger partial charge in [-0.2, -0.15) is 0 Å². The number of benzene rings is 1. The zero-order valence-electron chi connectivity index (χ0n) is 11.4. The zero-order chi connectivity index (χ0) is 13.1. The molecule has 3 nitrogen and oxygen atoms in total. The van der Waals surface area contributed by atoms with Crippen molar-refractivity contribution in [3.63, 3.8) is 0 Å². The number of aromatic nitrogens is 2. The molecule has 0 saturated heterocycles. The molecule has 0 aliphatic carbocycles. The van der Waals surface area contributed by atoms with E-state index in [9.17, 15) is 0 Å². The van der Waals surface area contributed by atoms with E-state index in [0.717, 1.165) is 23.6 Å². The third-order valence-corrected chi connectivity index (χ3v) is 2.91. The molecule has 2 rings (SSSR count). The second kappa shape index (κ2) is 5.36. The lowest BCUT2D eigenvalue weighted by molar-refractivity contribution is 0.526. The first kappa shape index (κ1) is 12.8. The Kier molecular flexibility index (Phi) is 3.82. The van der Waals surface area contributed by atoms with Crippen molar-refractivity contribution >= 4 is 0 Å². The van der Waals surface area contributed by atoms with Gasteiger partial charge in [-0.05, 0) is 12.8 Å². The minimum Gasteiger partial charge on any atom is -0.330 e. The Bertz CT molecular complexity index is 509. The van der Waals surface area contributed by atoms with E-state index in [0.29, 0.717) is 12.5 Å². The van der Waals surface area contributed by atoms with E-state index in [1.54, 1.807) is 0 Å². The van der Waals surface area contributed by atoms with Crippen LogP contribution in [0, 0.1) is 12.8 Å². The predicted octanol–water partition coefficient (Wildman–Crippen LogP) is 2.97. The Morgan fingerprint density at radius 2 is 1.89 bits per heavy atom. The summed E-state index contributed by atoms with van der Waals surface area (Å²) in [6.07, 6.45) is 2.06. The molecular formula is C15H21N3. The molecule has 1 aromatic heterocycles. The fraction of sp³-hybridized carbons (Fsp3) is 0.400. The van der Waals surface area contributed by atoms with E-state index < -0.39 is 0 Å². The van der Waals surface area contributed by atoms with E-state index in [1.807, 2.05) is 0 Å². The van der Waals surface area contributed by atoms with Gasteiger partial charge >= 0.3 is 0 Å². The van der Waals surface area contributed by atoms with Gasteiger partial charge in [0, 0.05) is 24.8 Å². The molecule has 3 heteroatoms. The number of aryl methyl sites for hydroxylation is 1. The molecule has 0 spiro atoms. The normalized spacial score (nSPS) is 11.2. The molecule has 1 aromatic carbocycles. The highest BCUT2D eigenvalue weighted by Crippen LogP contribution is 2.20. The van der Waals surface area contributed by atoms with E-state index in [4.69, 9.17) is 5.73 Å². The first-order valence-electron chi connectivity index (χ1n) is 6.43. The van der Waals surface area contributed by atoms with Crippen LogP contribution in [0.2, 0.25) is 0 Å². The molecule has 2 aromatic rings. The molecule has 0 fully saturated rings. The van der Waals surface area contributed by atoms with Crippen molar-refractivity contribution in [2.75, 3.05) is 0 Å². The lowest BCUT2D eigenvalue weighted by Gasteiger charge is -2.10. The second-order valence-corrected chi connectivity index (χ2v) is 5.17. The topological polar surface area (TPSA) is 43.8 Å². The van der Waals surface area contributed by atoms with Gasteiger partial charge in [0.2, 0.25) is 0 Å². The maximum absolute atomic E-state index is 5.69. The van der Waals surface area contributed by atoms with Crippen molar-refractivity contribution in [2.45, 2.75) is 33.9 Å². The van der Waals surface area contributed by atoms with Gasteiger partial charge in [-0.25, -0.2) is 4.98 Å². The van der Waals surface area contributed by atoms with Crippen LogP contribution < -0.4 is 5.73 Å². The Hall–Kier alpha value is -1.61. The third-order valence-electron chi connectivity index (χ3n) is 2.91. The summed E-state index contributed by atoms with van der Waals surface area (Å²) in [7, 11) is 0. The number of rotatable bonds is 4. The highest BCUT2D eigenvalue weighted by Gasteiger charge is 2.10. The van der Waals surface area contributed by atoms with Crippen molar-refractivity contribution in [2.24, 2.45) is 11.7 Å². The van der Waals surface area contributed by atoms with E-state index in [1.165, 1.54) is 5.56 Å². The Morgan fingerprint density at radius 3 is 2.44 bits per heavy atom. The third kappa shape index (κ3) is 2.79. The molecule has 0 aliphatic heterocycles. The molecule has 96 valence electrons. The SMILES string of the molecule is Cc1ccc(-c2nc(CN)cn2CC(C)C)cc1. The molecule has 18 heavy (non-hydrogen) atoms. The van der Waals surface area contributed by atoms with Crippen LogP contribution in [0.3, 0.4) is 0 Å². The largest absolute Gasteiger partial charge is 0.330 e. The minimum absolute atomic E-state index is 0.490. The first-order chi connectivity index (χ1) is 8.60. The number of nitrogens with zero attached hydrogens (tertiary/aromatic N) is 2. The molecule has 0 unspecified atom stereocenters.